The van der Waals surface area contributed by atoms with Gasteiger partial charge in [0.15, 0.2) is 0 Å². The molecule has 2 aromatic carbocycles. The van der Waals surface area contributed by atoms with Gasteiger partial charge < -0.3 is 20.6 Å². The Morgan fingerprint density at radius 3 is 2.05 bits per heavy atom. The minimum atomic E-state index is -1.11. The number of benzene rings is 2. The Hall–Kier alpha value is -2.37. The van der Waals surface area contributed by atoms with Gasteiger partial charge in [0, 0.05) is 6.04 Å². The van der Waals surface area contributed by atoms with Crippen molar-refractivity contribution in [3.8, 4) is 5.75 Å². The maximum atomic E-state index is 10.3. The molecule has 5 nitrogen and oxygen atoms in total. The van der Waals surface area contributed by atoms with E-state index in [1.807, 2.05) is 44.3 Å². The van der Waals surface area contributed by atoms with Crippen molar-refractivity contribution < 1.29 is 20.1 Å². The van der Waals surface area contributed by atoms with Gasteiger partial charge in [-0.05, 0) is 31.7 Å². The molecule has 0 amide bonds. The van der Waals surface area contributed by atoms with Crippen LogP contribution in [0.3, 0.4) is 0 Å². The van der Waals surface area contributed by atoms with Crippen LogP contribution in [0.5, 0.6) is 5.75 Å². The highest BCUT2D eigenvalue weighted by Crippen LogP contribution is 2.15. The molecule has 0 aliphatic carbocycles. The lowest BCUT2D eigenvalue weighted by Crippen LogP contribution is -2.28. The van der Waals surface area contributed by atoms with Crippen molar-refractivity contribution >= 4 is 5.97 Å². The standard InChI is InChI=1S/C10H15NO.C7H6O3/c1-8(11-2)10(12)9-6-4-3-5-7-9;8-6-4-2-1-3-5(6)7(9)10/h3-8,10-12H,1-2H3;1-4,8H,(H,9,10)/t8-,10-;/m0./s1. The molecule has 0 bridgehead atoms. The lowest BCUT2D eigenvalue weighted by atomic mass is 10.0. The van der Waals surface area contributed by atoms with Crippen LogP contribution in [0.15, 0.2) is 54.6 Å². The molecule has 0 aliphatic rings. The zero-order valence-corrected chi connectivity index (χ0v) is 12.6. The highest BCUT2D eigenvalue weighted by atomic mass is 16.4. The zero-order valence-electron chi connectivity index (χ0n) is 12.6. The highest BCUT2D eigenvalue weighted by molar-refractivity contribution is 5.90. The van der Waals surface area contributed by atoms with E-state index in [4.69, 9.17) is 10.2 Å². The van der Waals surface area contributed by atoms with Crippen LogP contribution in [-0.4, -0.2) is 34.4 Å². The van der Waals surface area contributed by atoms with Crippen molar-refractivity contribution in [1.82, 2.24) is 5.32 Å². The van der Waals surface area contributed by atoms with E-state index >= 15 is 0 Å². The van der Waals surface area contributed by atoms with E-state index in [0.29, 0.717) is 0 Å². The van der Waals surface area contributed by atoms with Crippen LogP contribution >= 0.6 is 0 Å². The minimum Gasteiger partial charge on any atom is -0.507 e. The number of phenols is 1. The first-order chi connectivity index (χ1) is 10.5. The van der Waals surface area contributed by atoms with E-state index in [1.165, 1.54) is 12.1 Å². The number of carboxylic acids is 1. The van der Waals surface area contributed by atoms with Gasteiger partial charge in [-0.25, -0.2) is 4.79 Å². The molecular formula is C17H21NO4. The zero-order chi connectivity index (χ0) is 16.5. The topological polar surface area (TPSA) is 89.8 Å². The lowest BCUT2D eigenvalue weighted by Gasteiger charge is -2.17. The molecule has 5 heteroatoms. The summed E-state index contributed by atoms with van der Waals surface area (Å²) in [6, 6.07) is 15.6. The molecule has 0 spiro atoms. The molecule has 0 aliphatic heterocycles. The van der Waals surface area contributed by atoms with Gasteiger partial charge >= 0.3 is 5.97 Å². The number of likely N-dealkylation sites (N-methyl/N-ethyl adjacent to an activating group) is 1. The third-order valence-corrected chi connectivity index (χ3v) is 3.20. The number of carbonyl (C=O) groups is 1. The Morgan fingerprint density at radius 1 is 1.05 bits per heavy atom. The van der Waals surface area contributed by atoms with E-state index in [1.54, 1.807) is 12.1 Å². The fraction of sp³-hybridized carbons (Fsp3) is 0.235. The van der Waals surface area contributed by atoms with Crippen LogP contribution in [0.2, 0.25) is 0 Å². The molecular weight excluding hydrogens is 282 g/mol. The molecule has 0 saturated carbocycles. The van der Waals surface area contributed by atoms with Gasteiger partial charge in [0.05, 0.1) is 6.10 Å². The second-order valence-corrected chi connectivity index (χ2v) is 4.76. The van der Waals surface area contributed by atoms with Crippen molar-refractivity contribution in [2.24, 2.45) is 0 Å². The summed E-state index contributed by atoms with van der Waals surface area (Å²) in [4.78, 5) is 10.3. The maximum Gasteiger partial charge on any atom is 0.339 e. The molecule has 0 saturated heterocycles. The fourth-order valence-electron chi connectivity index (χ4n) is 1.75. The van der Waals surface area contributed by atoms with E-state index in [-0.39, 0.29) is 17.4 Å². The Bertz CT molecular complexity index is 586. The van der Waals surface area contributed by atoms with Crippen LogP contribution < -0.4 is 5.32 Å². The number of aliphatic hydroxyl groups excluding tert-OH is 1. The van der Waals surface area contributed by atoms with Crippen molar-refractivity contribution in [3.63, 3.8) is 0 Å². The van der Waals surface area contributed by atoms with Crippen LogP contribution in [0.4, 0.5) is 0 Å². The Morgan fingerprint density at radius 2 is 1.59 bits per heavy atom. The van der Waals surface area contributed by atoms with E-state index in [0.717, 1.165) is 5.56 Å². The molecule has 118 valence electrons. The summed E-state index contributed by atoms with van der Waals surface area (Å²) in [5.74, 6) is -1.31. The van der Waals surface area contributed by atoms with Crippen molar-refractivity contribution in [3.05, 3.63) is 65.7 Å². The van der Waals surface area contributed by atoms with Crippen LogP contribution in [0.25, 0.3) is 0 Å². The van der Waals surface area contributed by atoms with Crippen molar-refractivity contribution in [2.75, 3.05) is 7.05 Å². The summed E-state index contributed by atoms with van der Waals surface area (Å²) in [7, 11) is 1.84. The predicted molar refractivity (Wildman–Crippen MR) is 85.0 cm³/mol. The molecule has 0 aromatic heterocycles. The number of hydrogen-bond donors (Lipinski definition) is 4. The van der Waals surface area contributed by atoms with Gasteiger partial charge in [0.1, 0.15) is 11.3 Å². The SMILES string of the molecule is CN[C@@H](C)[C@H](O)c1ccccc1.O=C(O)c1ccccc1O. The first kappa shape index (κ1) is 17.7. The molecule has 0 radical (unpaired) electrons. The number of aromatic carboxylic acids is 1. The Balaban J connectivity index is 0.000000224. The number of hydrogen-bond acceptors (Lipinski definition) is 4. The van der Waals surface area contributed by atoms with E-state index in [2.05, 4.69) is 5.32 Å². The van der Waals surface area contributed by atoms with Gasteiger partial charge in [0.2, 0.25) is 0 Å². The van der Waals surface area contributed by atoms with Gasteiger partial charge in [-0.2, -0.15) is 0 Å². The van der Waals surface area contributed by atoms with Gasteiger partial charge in [-0.1, -0.05) is 42.5 Å². The molecule has 2 atom stereocenters. The largest absolute Gasteiger partial charge is 0.507 e. The number of aliphatic hydroxyl groups is 1. The molecule has 0 fully saturated rings. The summed E-state index contributed by atoms with van der Waals surface area (Å²) in [5.41, 5.74) is 0.891. The second-order valence-electron chi connectivity index (χ2n) is 4.76. The monoisotopic (exact) mass is 303 g/mol. The van der Waals surface area contributed by atoms with Crippen molar-refractivity contribution in [2.45, 2.75) is 19.1 Å². The number of rotatable bonds is 4. The van der Waals surface area contributed by atoms with E-state index < -0.39 is 12.1 Å². The first-order valence-electron chi connectivity index (χ1n) is 6.89. The predicted octanol–water partition coefficient (Wildman–Crippen LogP) is 2.42. The summed E-state index contributed by atoms with van der Waals surface area (Å²) in [5, 5.41) is 30.0. The number of para-hydroxylation sites is 1. The summed E-state index contributed by atoms with van der Waals surface area (Å²) in [6.45, 7) is 1.96. The quantitative estimate of drug-likeness (QED) is 0.696. The van der Waals surface area contributed by atoms with Gasteiger partial charge in [-0.15, -0.1) is 0 Å². The highest BCUT2D eigenvalue weighted by Gasteiger charge is 2.12. The Labute approximate surface area is 129 Å². The maximum absolute atomic E-state index is 10.3. The normalized spacial score (nSPS) is 12.7. The van der Waals surface area contributed by atoms with Gasteiger partial charge in [-0.3, -0.25) is 0 Å². The summed E-state index contributed by atoms with van der Waals surface area (Å²) < 4.78 is 0. The molecule has 0 unspecified atom stereocenters. The number of carboxylic acid groups (broad SMARTS) is 1. The first-order valence-corrected chi connectivity index (χ1v) is 6.89. The summed E-state index contributed by atoms with van der Waals surface area (Å²) >= 11 is 0. The fourth-order valence-corrected chi connectivity index (χ4v) is 1.75. The van der Waals surface area contributed by atoms with Crippen LogP contribution in [0.1, 0.15) is 28.9 Å². The van der Waals surface area contributed by atoms with Gasteiger partial charge in [0.25, 0.3) is 0 Å². The number of aromatic hydroxyl groups is 1. The summed E-state index contributed by atoms with van der Waals surface area (Å²) in [6.07, 6.45) is -0.420. The van der Waals surface area contributed by atoms with E-state index in [9.17, 15) is 9.90 Å². The van der Waals surface area contributed by atoms with Crippen LogP contribution in [-0.2, 0) is 0 Å². The smallest absolute Gasteiger partial charge is 0.339 e. The van der Waals surface area contributed by atoms with Crippen molar-refractivity contribution in [1.29, 1.82) is 0 Å². The number of nitrogens with one attached hydrogen (secondary N) is 1. The average Bonchev–Trinajstić information content (AvgIpc) is 2.55. The lowest BCUT2D eigenvalue weighted by molar-refractivity contribution is 0.0693. The second kappa shape index (κ2) is 8.81. The third kappa shape index (κ3) is 5.20. The molecule has 22 heavy (non-hydrogen) atoms. The molecule has 0 heterocycles. The molecule has 4 N–H and O–H groups in total. The van der Waals surface area contributed by atoms with Crippen LogP contribution in [0, 0.1) is 0 Å². The molecule has 2 aromatic rings. The molecule has 2 rings (SSSR count). The average molecular weight is 303 g/mol. The third-order valence-electron chi connectivity index (χ3n) is 3.20. The minimum absolute atomic E-state index is 0.0671. The Kier molecular flexibility index (Phi) is 7.08.